The van der Waals surface area contributed by atoms with Gasteiger partial charge in [0, 0.05) is 19.8 Å². The summed E-state index contributed by atoms with van der Waals surface area (Å²) in [6, 6.07) is 15.7. The van der Waals surface area contributed by atoms with Gasteiger partial charge in [-0.05, 0) is 48.9 Å². The van der Waals surface area contributed by atoms with E-state index in [1.54, 1.807) is 57.4 Å². The molecule has 26 heavy (non-hydrogen) atoms. The summed E-state index contributed by atoms with van der Waals surface area (Å²) in [6.45, 7) is 1.65. The van der Waals surface area contributed by atoms with Crippen LogP contribution in [0.2, 0.25) is 0 Å². The number of ether oxygens (including phenoxy) is 1. The number of hydrogen-bond acceptors (Lipinski definition) is 4. The van der Waals surface area contributed by atoms with Gasteiger partial charge in [-0.2, -0.15) is 5.26 Å². The highest BCUT2D eigenvalue weighted by Gasteiger charge is 2.15. The van der Waals surface area contributed by atoms with E-state index < -0.39 is 6.10 Å². The number of amides is 2. The second-order valence-electron chi connectivity index (χ2n) is 6.05. The van der Waals surface area contributed by atoms with Crippen LogP contribution in [-0.2, 0) is 16.0 Å². The minimum atomic E-state index is -0.696. The molecule has 0 bridgehead atoms. The Morgan fingerprint density at radius 3 is 2.27 bits per heavy atom. The van der Waals surface area contributed by atoms with E-state index in [1.165, 1.54) is 4.90 Å². The first-order chi connectivity index (χ1) is 12.4. The topological polar surface area (TPSA) is 82.4 Å². The van der Waals surface area contributed by atoms with Gasteiger partial charge in [-0.1, -0.05) is 12.1 Å². The quantitative estimate of drug-likeness (QED) is 0.867. The van der Waals surface area contributed by atoms with Gasteiger partial charge in [0.1, 0.15) is 5.75 Å². The molecule has 2 rings (SSSR count). The van der Waals surface area contributed by atoms with Gasteiger partial charge in [0.25, 0.3) is 5.91 Å². The molecule has 2 amide bonds. The number of likely N-dealkylation sites (N-methyl/N-ethyl adjacent to an activating group) is 1. The van der Waals surface area contributed by atoms with Gasteiger partial charge in [-0.3, -0.25) is 9.59 Å². The molecule has 2 aromatic rings. The second kappa shape index (κ2) is 8.67. The molecule has 6 nitrogen and oxygen atoms in total. The van der Waals surface area contributed by atoms with Crippen LogP contribution in [0.1, 0.15) is 18.1 Å². The third kappa shape index (κ3) is 5.35. The highest BCUT2D eigenvalue weighted by molar-refractivity contribution is 5.94. The molecule has 134 valence electrons. The van der Waals surface area contributed by atoms with Crippen LogP contribution in [-0.4, -0.2) is 36.9 Å². The molecule has 1 unspecified atom stereocenters. The largest absolute Gasteiger partial charge is 0.481 e. The second-order valence-corrected chi connectivity index (χ2v) is 6.05. The maximum absolute atomic E-state index is 12.2. The fourth-order valence-corrected chi connectivity index (χ4v) is 2.15. The maximum atomic E-state index is 12.2. The summed E-state index contributed by atoms with van der Waals surface area (Å²) in [6.07, 6.45) is -0.377. The van der Waals surface area contributed by atoms with Gasteiger partial charge < -0.3 is 15.0 Å². The molecule has 6 heteroatoms. The van der Waals surface area contributed by atoms with Crippen molar-refractivity contribution < 1.29 is 14.3 Å². The van der Waals surface area contributed by atoms with Crippen LogP contribution < -0.4 is 10.1 Å². The number of rotatable bonds is 6. The number of nitrogens with zero attached hydrogens (tertiary/aromatic N) is 2. The first-order valence-corrected chi connectivity index (χ1v) is 8.16. The van der Waals surface area contributed by atoms with Crippen molar-refractivity contribution in [3.8, 4) is 11.8 Å². The average Bonchev–Trinajstić information content (AvgIpc) is 2.63. The zero-order chi connectivity index (χ0) is 19.1. The third-order valence-electron chi connectivity index (χ3n) is 3.74. The first-order valence-electron chi connectivity index (χ1n) is 8.16. The van der Waals surface area contributed by atoms with Crippen molar-refractivity contribution >= 4 is 17.5 Å². The zero-order valence-corrected chi connectivity index (χ0v) is 15.0. The first kappa shape index (κ1) is 19.0. The Morgan fingerprint density at radius 1 is 1.12 bits per heavy atom. The van der Waals surface area contributed by atoms with Crippen LogP contribution in [0.4, 0.5) is 5.69 Å². The molecule has 0 saturated heterocycles. The van der Waals surface area contributed by atoms with Crippen molar-refractivity contribution in [3.05, 3.63) is 59.7 Å². The van der Waals surface area contributed by atoms with Crippen molar-refractivity contribution in [2.75, 3.05) is 19.4 Å². The fraction of sp³-hybridized carbons (Fsp3) is 0.250. The number of anilines is 1. The molecule has 0 heterocycles. The van der Waals surface area contributed by atoms with E-state index in [0.29, 0.717) is 23.4 Å². The monoisotopic (exact) mass is 351 g/mol. The molecule has 0 aliphatic heterocycles. The maximum Gasteiger partial charge on any atom is 0.265 e. The molecular formula is C20H21N3O3. The molecule has 1 N–H and O–H groups in total. The van der Waals surface area contributed by atoms with E-state index in [2.05, 4.69) is 5.32 Å². The highest BCUT2D eigenvalue weighted by atomic mass is 16.5. The molecule has 0 aliphatic carbocycles. The molecule has 0 aliphatic rings. The van der Waals surface area contributed by atoms with E-state index in [9.17, 15) is 9.59 Å². The summed E-state index contributed by atoms with van der Waals surface area (Å²) in [5.41, 5.74) is 2.04. The molecule has 0 aromatic heterocycles. The lowest BCUT2D eigenvalue weighted by Gasteiger charge is -2.15. The summed E-state index contributed by atoms with van der Waals surface area (Å²) in [5.74, 6) is 0.252. The van der Waals surface area contributed by atoms with Gasteiger partial charge in [0.2, 0.25) is 5.91 Å². The number of nitrogens with one attached hydrogen (secondary N) is 1. The van der Waals surface area contributed by atoms with Gasteiger partial charge in [0.05, 0.1) is 18.1 Å². The SMILES string of the molecule is CC(Oc1ccc(C#N)cc1)C(=O)Nc1ccc(CC(=O)N(C)C)cc1. The highest BCUT2D eigenvalue weighted by Crippen LogP contribution is 2.15. The Hall–Kier alpha value is -3.33. The minimum absolute atomic E-state index is 0.0197. The summed E-state index contributed by atoms with van der Waals surface area (Å²) in [7, 11) is 3.43. The normalized spacial score (nSPS) is 11.2. The molecule has 0 spiro atoms. The van der Waals surface area contributed by atoms with Gasteiger partial charge in [-0.25, -0.2) is 0 Å². The molecule has 0 fully saturated rings. The van der Waals surface area contributed by atoms with E-state index in [4.69, 9.17) is 10.00 Å². The number of carbonyl (C=O) groups excluding carboxylic acids is 2. The van der Waals surface area contributed by atoms with Crippen molar-refractivity contribution in [3.63, 3.8) is 0 Å². The predicted octanol–water partition coefficient (Wildman–Crippen LogP) is 2.59. The Morgan fingerprint density at radius 2 is 1.73 bits per heavy atom. The van der Waals surface area contributed by atoms with E-state index in [-0.39, 0.29) is 11.8 Å². The van der Waals surface area contributed by atoms with Crippen LogP contribution in [0.25, 0.3) is 0 Å². The Bertz CT molecular complexity index is 806. The van der Waals surface area contributed by atoms with Crippen molar-refractivity contribution in [1.29, 1.82) is 5.26 Å². The predicted molar refractivity (Wildman–Crippen MR) is 98.7 cm³/mol. The summed E-state index contributed by atoms with van der Waals surface area (Å²) in [5, 5.41) is 11.6. The van der Waals surface area contributed by atoms with Crippen molar-refractivity contribution in [1.82, 2.24) is 4.90 Å². The summed E-state index contributed by atoms with van der Waals surface area (Å²) < 4.78 is 5.58. The van der Waals surface area contributed by atoms with Crippen LogP contribution in [0.15, 0.2) is 48.5 Å². The lowest BCUT2D eigenvalue weighted by atomic mass is 10.1. The van der Waals surface area contributed by atoms with Crippen molar-refractivity contribution in [2.24, 2.45) is 0 Å². The zero-order valence-electron chi connectivity index (χ0n) is 15.0. The number of benzene rings is 2. The fourth-order valence-electron chi connectivity index (χ4n) is 2.15. The molecule has 1 atom stereocenters. The van der Waals surface area contributed by atoms with Crippen molar-refractivity contribution in [2.45, 2.75) is 19.4 Å². The van der Waals surface area contributed by atoms with E-state index >= 15 is 0 Å². The van der Waals surface area contributed by atoms with Crippen LogP contribution in [0.5, 0.6) is 5.75 Å². The van der Waals surface area contributed by atoms with Crippen LogP contribution in [0.3, 0.4) is 0 Å². The minimum Gasteiger partial charge on any atom is -0.481 e. The number of nitriles is 1. The van der Waals surface area contributed by atoms with Crippen LogP contribution >= 0.6 is 0 Å². The standard InChI is InChI=1S/C20H21N3O3/c1-14(26-18-10-6-16(13-21)7-11-18)20(25)22-17-8-4-15(5-9-17)12-19(24)23(2)3/h4-11,14H,12H2,1-3H3,(H,22,25). The third-order valence-corrected chi connectivity index (χ3v) is 3.74. The van der Waals surface area contributed by atoms with E-state index in [1.807, 2.05) is 18.2 Å². The lowest BCUT2D eigenvalue weighted by Crippen LogP contribution is -2.30. The molecule has 2 aromatic carbocycles. The van der Waals surface area contributed by atoms with E-state index in [0.717, 1.165) is 5.56 Å². The number of hydrogen-bond donors (Lipinski definition) is 1. The van der Waals surface area contributed by atoms with Crippen LogP contribution in [0, 0.1) is 11.3 Å². The Kier molecular flexibility index (Phi) is 6.34. The van der Waals surface area contributed by atoms with Gasteiger partial charge >= 0.3 is 0 Å². The average molecular weight is 351 g/mol. The molecular weight excluding hydrogens is 330 g/mol. The Labute approximate surface area is 153 Å². The lowest BCUT2D eigenvalue weighted by molar-refractivity contribution is -0.128. The molecule has 0 saturated carbocycles. The Balaban J connectivity index is 1.91. The smallest absolute Gasteiger partial charge is 0.265 e. The summed E-state index contributed by atoms with van der Waals surface area (Å²) in [4.78, 5) is 25.5. The summed E-state index contributed by atoms with van der Waals surface area (Å²) >= 11 is 0. The molecule has 0 radical (unpaired) electrons. The number of carbonyl (C=O) groups is 2. The van der Waals surface area contributed by atoms with Gasteiger partial charge in [0.15, 0.2) is 6.10 Å². The van der Waals surface area contributed by atoms with Gasteiger partial charge in [-0.15, -0.1) is 0 Å².